The van der Waals surface area contributed by atoms with Crippen LogP contribution in [0.4, 0.5) is 0 Å². The molecule has 1 aliphatic carbocycles. The largest absolute Gasteiger partial charge is 0.394 e. The highest BCUT2D eigenvalue weighted by atomic mass is 16.5. The number of nitrogens with one attached hydrogen (secondary N) is 2. The van der Waals surface area contributed by atoms with E-state index in [-0.39, 0.29) is 42.6 Å². The molecule has 2 amide bonds. The minimum atomic E-state index is -0.381. The molecule has 1 saturated heterocycles. The van der Waals surface area contributed by atoms with Gasteiger partial charge in [0.2, 0.25) is 11.8 Å². The van der Waals surface area contributed by atoms with E-state index in [0.29, 0.717) is 19.4 Å². The first-order chi connectivity index (χ1) is 14.2. The van der Waals surface area contributed by atoms with Gasteiger partial charge in [-0.3, -0.25) is 14.6 Å². The summed E-state index contributed by atoms with van der Waals surface area (Å²) in [6, 6.07) is 3.53. The Hall–Kier alpha value is -1.99. The predicted octanol–water partition coefficient (Wildman–Crippen LogP) is 1.74. The van der Waals surface area contributed by atoms with E-state index in [0.717, 1.165) is 44.1 Å². The highest BCUT2D eigenvalue weighted by Crippen LogP contribution is 2.26. The zero-order valence-electron chi connectivity index (χ0n) is 17.0. The minimum Gasteiger partial charge on any atom is -0.394 e. The molecular weight excluding hydrogens is 370 g/mol. The van der Waals surface area contributed by atoms with E-state index in [1.807, 2.05) is 12.1 Å². The Labute approximate surface area is 172 Å². The van der Waals surface area contributed by atoms with Crippen LogP contribution < -0.4 is 10.6 Å². The fraction of sp³-hybridized carbons (Fsp3) is 0.682. The molecule has 1 aliphatic heterocycles. The zero-order valence-corrected chi connectivity index (χ0v) is 17.0. The average molecular weight is 404 g/mol. The molecule has 0 radical (unpaired) electrons. The van der Waals surface area contributed by atoms with Gasteiger partial charge in [-0.05, 0) is 49.8 Å². The highest BCUT2D eigenvalue weighted by Gasteiger charge is 2.33. The van der Waals surface area contributed by atoms with Gasteiger partial charge in [0.1, 0.15) is 6.10 Å². The van der Waals surface area contributed by atoms with Crippen molar-refractivity contribution < 1.29 is 19.4 Å². The summed E-state index contributed by atoms with van der Waals surface area (Å²) in [7, 11) is 0. The molecule has 3 atom stereocenters. The Balaban J connectivity index is 1.37. The van der Waals surface area contributed by atoms with Crippen LogP contribution >= 0.6 is 0 Å². The van der Waals surface area contributed by atoms with Gasteiger partial charge in [-0.2, -0.15) is 0 Å². The van der Waals surface area contributed by atoms with Gasteiger partial charge in [0.25, 0.3) is 0 Å². The minimum absolute atomic E-state index is 0.0174. The van der Waals surface area contributed by atoms with Crippen molar-refractivity contribution in [2.45, 2.75) is 76.0 Å². The Kier molecular flexibility index (Phi) is 8.43. The summed E-state index contributed by atoms with van der Waals surface area (Å²) in [5, 5.41) is 15.8. The van der Waals surface area contributed by atoms with Crippen molar-refractivity contribution in [1.82, 2.24) is 15.6 Å². The SMILES string of the molecule is O=C(Cc1ccncc1)NCC[C@H]1CC[C@@H](NC(=O)C2CCCCC2)[C@@H](CO)O1. The molecule has 3 N–H and O–H groups in total. The smallest absolute Gasteiger partial charge is 0.224 e. The van der Waals surface area contributed by atoms with E-state index in [1.165, 1.54) is 6.42 Å². The maximum absolute atomic E-state index is 12.5. The third kappa shape index (κ3) is 6.78. The summed E-state index contributed by atoms with van der Waals surface area (Å²) in [5.74, 6) is 0.193. The molecule has 160 valence electrons. The number of amides is 2. The number of hydrogen-bond acceptors (Lipinski definition) is 5. The summed E-state index contributed by atoms with van der Waals surface area (Å²) in [5.41, 5.74) is 0.934. The summed E-state index contributed by atoms with van der Waals surface area (Å²) in [6.45, 7) is 0.423. The van der Waals surface area contributed by atoms with Crippen LogP contribution in [0.3, 0.4) is 0 Å². The van der Waals surface area contributed by atoms with Crippen molar-refractivity contribution in [3.63, 3.8) is 0 Å². The van der Waals surface area contributed by atoms with Gasteiger partial charge < -0.3 is 20.5 Å². The molecule has 0 aromatic carbocycles. The molecule has 29 heavy (non-hydrogen) atoms. The number of aliphatic hydroxyl groups is 1. The second kappa shape index (κ2) is 11.3. The lowest BCUT2D eigenvalue weighted by Gasteiger charge is -2.37. The number of aromatic nitrogens is 1. The third-order valence-corrected chi connectivity index (χ3v) is 6.00. The fourth-order valence-corrected chi connectivity index (χ4v) is 4.30. The molecule has 1 saturated carbocycles. The lowest BCUT2D eigenvalue weighted by Crippen LogP contribution is -2.52. The van der Waals surface area contributed by atoms with Crippen LogP contribution in [0.1, 0.15) is 56.9 Å². The van der Waals surface area contributed by atoms with E-state index in [1.54, 1.807) is 12.4 Å². The summed E-state index contributed by atoms with van der Waals surface area (Å²) in [6.07, 6.45) is 11.0. The molecule has 3 rings (SSSR count). The molecule has 7 heteroatoms. The molecule has 0 spiro atoms. The van der Waals surface area contributed by atoms with Crippen LogP contribution in [0.2, 0.25) is 0 Å². The lowest BCUT2D eigenvalue weighted by atomic mass is 9.88. The molecule has 0 unspecified atom stereocenters. The van der Waals surface area contributed by atoms with Crippen molar-refractivity contribution in [3.05, 3.63) is 30.1 Å². The summed E-state index contributed by atoms with van der Waals surface area (Å²) in [4.78, 5) is 28.5. The molecule has 7 nitrogen and oxygen atoms in total. The standard InChI is InChI=1S/C22H33N3O4/c26-15-20-19(25-22(28)17-4-2-1-3-5-17)7-6-18(29-20)10-13-24-21(27)14-16-8-11-23-12-9-16/h8-9,11-12,17-20,26H,1-7,10,13-15H2,(H,24,27)(H,25,28)/t18-,19-,20-/m1/s1. The number of nitrogens with zero attached hydrogens (tertiary/aromatic N) is 1. The van der Waals surface area contributed by atoms with E-state index in [9.17, 15) is 14.7 Å². The topological polar surface area (TPSA) is 101 Å². The Morgan fingerprint density at radius 3 is 2.59 bits per heavy atom. The van der Waals surface area contributed by atoms with Gasteiger partial charge in [0, 0.05) is 24.9 Å². The van der Waals surface area contributed by atoms with Crippen molar-refractivity contribution >= 4 is 11.8 Å². The van der Waals surface area contributed by atoms with Crippen LogP contribution in [0, 0.1) is 5.92 Å². The quantitative estimate of drug-likeness (QED) is 0.614. The van der Waals surface area contributed by atoms with E-state index in [2.05, 4.69) is 15.6 Å². The second-order valence-electron chi connectivity index (χ2n) is 8.18. The molecule has 1 aromatic heterocycles. The van der Waals surface area contributed by atoms with E-state index in [4.69, 9.17) is 4.74 Å². The van der Waals surface area contributed by atoms with Gasteiger partial charge >= 0.3 is 0 Å². The Morgan fingerprint density at radius 2 is 1.86 bits per heavy atom. The van der Waals surface area contributed by atoms with E-state index < -0.39 is 0 Å². The van der Waals surface area contributed by atoms with Crippen LogP contribution in [0.5, 0.6) is 0 Å². The monoisotopic (exact) mass is 403 g/mol. The summed E-state index contributed by atoms with van der Waals surface area (Å²) < 4.78 is 6.01. The Bertz CT molecular complexity index is 649. The van der Waals surface area contributed by atoms with Crippen LogP contribution in [-0.4, -0.2) is 53.3 Å². The molecule has 2 heterocycles. The molecule has 2 fully saturated rings. The van der Waals surface area contributed by atoms with Crippen molar-refractivity contribution in [2.75, 3.05) is 13.2 Å². The number of aliphatic hydroxyl groups excluding tert-OH is 1. The first kappa shape index (κ1) is 21.7. The first-order valence-corrected chi connectivity index (χ1v) is 10.9. The second-order valence-corrected chi connectivity index (χ2v) is 8.18. The third-order valence-electron chi connectivity index (χ3n) is 6.00. The van der Waals surface area contributed by atoms with E-state index >= 15 is 0 Å². The Morgan fingerprint density at radius 1 is 1.10 bits per heavy atom. The number of hydrogen-bond donors (Lipinski definition) is 3. The van der Waals surface area contributed by atoms with Gasteiger partial charge in [-0.1, -0.05) is 19.3 Å². The average Bonchev–Trinajstić information content (AvgIpc) is 2.76. The fourth-order valence-electron chi connectivity index (χ4n) is 4.30. The van der Waals surface area contributed by atoms with Crippen molar-refractivity contribution in [2.24, 2.45) is 5.92 Å². The van der Waals surface area contributed by atoms with Gasteiger partial charge in [-0.15, -0.1) is 0 Å². The lowest BCUT2D eigenvalue weighted by molar-refractivity contribution is -0.133. The first-order valence-electron chi connectivity index (χ1n) is 10.9. The van der Waals surface area contributed by atoms with Gasteiger partial charge in [-0.25, -0.2) is 0 Å². The van der Waals surface area contributed by atoms with Crippen molar-refractivity contribution in [3.8, 4) is 0 Å². The number of carbonyl (C=O) groups is 2. The zero-order chi connectivity index (χ0) is 20.5. The molecule has 2 aliphatic rings. The maximum atomic E-state index is 12.5. The number of pyridine rings is 1. The number of ether oxygens (including phenoxy) is 1. The van der Waals surface area contributed by atoms with Crippen LogP contribution in [-0.2, 0) is 20.7 Å². The highest BCUT2D eigenvalue weighted by molar-refractivity contribution is 5.79. The molecule has 0 bridgehead atoms. The molecule has 1 aromatic rings. The molecular formula is C22H33N3O4. The normalized spacial score (nSPS) is 25.3. The van der Waals surface area contributed by atoms with Crippen molar-refractivity contribution in [1.29, 1.82) is 0 Å². The number of rotatable bonds is 8. The van der Waals surface area contributed by atoms with Crippen LogP contribution in [0.25, 0.3) is 0 Å². The number of carbonyl (C=O) groups excluding carboxylic acids is 2. The van der Waals surface area contributed by atoms with Gasteiger partial charge in [0.15, 0.2) is 0 Å². The summed E-state index contributed by atoms with van der Waals surface area (Å²) >= 11 is 0. The predicted molar refractivity (Wildman–Crippen MR) is 109 cm³/mol. The maximum Gasteiger partial charge on any atom is 0.224 e. The van der Waals surface area contributed by atoms with Crippen LogP contribution in [0.15, 0.2) is 24.5 Å². The van der Waals surface area contributed by atoms with Gasteiger partial charge in [0.05, 0.1) is 25.2 Å².